The Kier molecular flexibility index (Phi) is 3.92. The van der Waals surface area contributed by atoms with Crippen LogP contribution in [-0.4, -0.2) is 27.3 Å². The van der Waals surface area contributed by atoms with Gasteiger partial charge < -0.3 is 9.30 Å². The van der Waals surface area contributed by atoms with Gasteiger partial charge >= 0.3 is 5.97 Å². The Balaban J connectivity index is 2.28. The number of aromatic nitrogens is 3. The molecular weight excluding hydrogens is 242 g/mol. The van der Waals surface area contributed by atoms with Crippen molar-refractivity contribution in [2.75, 3.05) is 6.61 Å². The maximum absolute atomic E-state index is 11.9. The zero-order valence-electron chi connectivity index (χ0n) is 12.3. The molecule has 106 valence electrons. The van der Waals surface area contributed by atoms with E-state index in [1.807, 2.05) is 11.5 Å². The normalized spacial score (nSPS) is 22.2. The molecule has 1 saturated carbocycles. The first-order chi connectivity index (χ1) is 8.94. The van der Waals surface area contributed by atoms with Gasteiger partial charge in [-0.1, -0.05) is 20.3 Å². The lowest BCUT2D eigenvalue weighted by Crippen LogP contribution is -2.28. The molecule has 1 unspecified atom stereocenters. The second-order valence-corrected chi connectivity index (χ2v) is 6.08. The summed E-state index contributed by atoms with van der Waals surface area (Å²) in [6.07, 6.45) is 4.55. The lowest BCUT2D eigenvalue weighted by atomic mass is 9.75. The molecule has 0 radical (unpaired) electrons. The van der Waals surface area contributed by atoms with Gasteiger partial charge in [0, 0.05) is 6.04 Å². The van der Waals surface area contributed by atoms with E-state index in [-0.39, 0.29) is 5.97 Å². The molecule has 0 bridgehead atoms. The standard InChI is InChI=1S/C14H23N3O2/c1-5-19-13(18)12-16-15-10(2)17(12)11-7-6-8-14(3,4)9-11/h11H,5-9H2,1-4H3. The van der Waals surface area contributed by atoms with Crippen molar-refractivity contribution in [2.24, 2.45) is 5.41 Å². The molecule has 0 aromatic carbocycles. The van der Waals surface area contributed by atoms with Gasteiger partial charge in [0.15, 0.2) is 0 Å². The maximum atomic E-state index is 11.9. The van der Waals surface area contributed by atoms with Crippen LogP contribution in [0.4, 0.5) is 0 Å². The molecule has 1 aromatic rings. The van der Waals surface area contributed by atoms with Crippen molar-refractivity contribution in [3.05, 3.63) is 11.6 Å². The summed E-state index contributed by atoms with van der Waals surface area (Å²) in [7, 11) is 0. The SMILES string of the molecule is CCOC(=O)c1nnc(C)n1C1CCCC(C)(C)C1. The monoisotopic (exact) mass is 265 g/mol. The van der Waals surface area contributed by atoms with Gasteiger partial charge in [0.2, 0.25) is 5.82 Å². The number of nitrogens with zero attached hydrogens (tertiary/aromatic N) is 3. The van der Waals surface area contributed by atoms with Crippen LogP contribution in [0.25, 0.3) is 0 Å². The van der Waals surface area contributed by atoms with Crippen molar-refractivity contribution in [1.82, 2.24) is 14.8 Å². The summed E-state index contributed by atoms with van der Waals surface area (Å²) in [5, 5.41) is 8.05. The highest BCUT2D eigenvalue weighted by Gasteiger charge is 2.32. The van der Waals surface area contributed by atoms with Gasteiger partial charge in [0.05, 0.1) is 6.61 Å². The molecule has 1 heterocycles. The highest BCUT2D eigenvalue weighted by molar-refractivity contribution is 5.85. The lowest BCUT2D eigenvalue weighted by Gasteiger charge is -2.36. The molecule has 0 saturated heterocycles. The Hall–Kier alpha value is -1.39. The van der Waals surface area contributed by atoms with E-state index in [1.54, 1.807) is 6.92 Å². The number of aryl methyl sites for hydroxylation is 1. The minimum absolute atomic E-state index is 0.304. The fourth-order valence-corrected chi connectivity index (χ4v) is 3.02. The fourth-order valence-electron chi connectivity index (χ4n) is 3.02. The third-order valence-corrected chi connectivity index (χ3v) is 3.87. The van der Waals surface area contributed by atoms with Gasteiger partial charge in [-0.15, -0.1) is 10.2 Å². The molecule has 5 heteroatoms. The van der Waals surface area contributed by atoms with E-state index in [0.29, 0.717) is 23.9 Å². The molecule has 0 N–H and O–H groups in total. The molecule has 1 aliphatic carbocycles. The van der Waals surface area contributed by atoms with E-state index < -0.39 is 0 Å². The fraction of sp³-hybridized carbons (Fsp3) is 0.786. The number of rotatable bonds is 3. The summed E-state index contributed by atoms with van der Waals surface area (Å²) in [6.45, 7) is 8.62. The molecule has 1 aromatic heterocycles. The Morgan fingerprint density at radius 1 is 1.47 bits per heavy atom. The lowest BCUT2D eigenvalue weighted by molar-refractivity contribution is 0.0496. The summed E-state index contributed by atoms with van der Waals surface area (Å²) in [5.41, 5.74) is 0.311. The van der Waals surface area contributed by atoms with Crippen molar-refractivity contribution in [2.45, 2.75) is 59.4 Å². The minimum atomic E-state index is -0.369. The van der Waals surface area contributed by atoms with Crippen molar-refractivity contribution in [3.8, 4) is 0 Å². The number of carbonyl (C=O) groups is 1. The quantitative estimate of drug-likeness (QED) is 0.788. The van der Waals surface area contributed by atoms with E-state index in [0.717, 1.165) is 18.7 Å². The highest BCUT2D eigenvalue weighted by atomic mass is 16.5. The summed E-state index contributed by atoms with van der Waals surface area (Å²) in [5.74, 6) is 0.777. The smallest absolute Gasteiger partial charge is 0.376 e. The van der Waals surface area contributed by atoms with Crippen LogP contribution in [-0.2, 0) is 4.74 Å². The predicted octanol–water partition coefficient (Wildman–Crippen LogP) is 2.90. The van der Waals surface area contributed by atoms with Gasteiger partial charge in [-0.2, -0.15) is 0 Å². The number of hydrogen-bond donors (Lipinski definition) is 0. The van der Waals surface area contributed by atoms with Crippen molar-refractivity contribution < 1.29 is 9.53 Å². The summed E-state index contributed by atoms with van der Waals surface area (Å²) >= 11 is 0. The van der Waals surface area contributed by atoms with Crippen LogP contribution in [0.2, 0.25) is 0 Å². The molecule has 0 spiro atoms. The highest BCUT2D eigenvalue weighted by Crippen LogP contribution is 2.41. The van der Waals surface area contributed by atoms with Crippen LogP contribution in [0, 0.1) is 12.3 Å². The molecule has 1 aliphatic rings. The number of carbonyl (C=O) groups excluding carboxylic acids is 1. The largest absolute Gasteiger partial charge is 0.460 e. The molecular formula is C14H23N3O2. The molecule has 5 nitrogen and oxygen atoms in total. The first-order valence-corrected chi connectivity index (χ1v) is 7.03. The molecule has 0 aliphatic heterocycles. The Morgan fingerprint density at radius 2 is 2.21 bits per heavy atom. The van der Waals surface area contributed by atoms with E-state index >= 15 is 0 Å². The van der Waals surface area contributed by atoms with E-state index in [2.05, 4.69) is 24.0 Å². The summed E-state index contributed by atoms with van der Waals surface area (Å²) < 4.78 is 7.03. The third-order valence-electron chi connectivity index (χ3n) is 3.87. The zero-order chi connectivity index (χ0) is 14.0. The average molecular weight is 265 g/mol. The van der Waals surface area contributed by atoms with Gasteiger partial charge in [-0.3, -0.25) is 0 Å². The number of esters is 1. The van der Waals surface area contributed by atoms with Gasteiger partial charge in [0.25, 0.3) is 0 Å². The van der Waals surface area contributed by atoms with Gasteiger partial charge in [-0.05, 0) is 38.5 Å². The predicted molar refractivity (Wildman–Crippen MR) is 72.0 cm³/mol. The van der Waals surface area contributed by atoms with Crippen LogP contribution >= 0.6 is 0 Å². The van der Waals surface area contributed by atoms with Crippen LogP contribution in [0.5, 0.6) is 0 Å². The Morgan fingerprint density at radius 3 is 2.84 bits per heavy atom. The molecule has 0 amide bonds. The zero-order valence-corrected chi connectivity index (χ0v) is 12.3. The number of hydrogen-bond acceptors (Lipinski definition) is 4. The van der Waals surface area contributed by atoms with Crippen LogP contribution < -0.4 is 0 Å². The first-order valence-electron chi connectivity index (χ1n) is 7.03. The van der Waals surface area contributed by atoms with E-state index in [1.165, 1.54) is 12.8 Å². The maximum Gasteiger partial charge on any atom is 0.376 e. The molecule has 1 fully saturated rings. The molecule has 19 heavy (non-hydrogen) atoms. The second kappa shape index (κ2) is 5.31. The Labute approximate surface area is 114 Å². The topological polar surface area (TPSA) is 57.0 Å². The summed E-state index contributed by atoms with van der Waals surface area (Å²) in [6, 6.07) is 0.304. The minimum Gasteiger partial charge on any atom is -0.460 e. The van der Waals surface area contributed by atoms with Gasteiger partial charge in [0.1, 0.15) is 5.82 Å². The molecule has 2 rings (SSSR count). The first kappa shape index (κ1) is 14.0. The van der Waals surface area contributed by atoms with Crippen molar-refractivity contribution in [3.63, 3.8) is 0 Å². The average Bonchev–Trinajstić information content (AvgIpc) is 2.70. The number of ether oxygens (including phenoxy) is 1. The van der Waals surface area contributed by atoms with Crippen LogP contribution in [0.3, 0.4) is 0 Å². The molecule has 1 atom stereocenters. The van der Waals surface area contributed by atoms with Crippen LogP contribution in [0.1, 0.15) is 68.9 Å². The van der Waals surface area contributed by atoms with Gasteiger partial charge in [-0.25, -0.2) is 4.79 Å². The summed E-state index contributed by atoms with van der Waals surface area (Å²) in [4.78, 5) is 11.9. The van der Waals surface area contributed by atoms with Crippen molar-refractivity contribution >= 4 is 5.97 Å². The Bertz CT molecular complexity index is 465. The van der Waals surface area contributed by atoms with E-state index in [4.69, 9.17) is 4.74 Å². The van der Waals surface area contributed by atoms with Crippen molar-refractivity contribution in [1.29, 1.82) is 0 Å². The van der Waals surface area contributed by atoms with E-state index in [9.17, 15) is 4.79 Å². The second-order valence-electron chi connectivity index (χ2n) is 6.08. The third kappa shape index (κ3) is 2.96. The van der Waals surface area contributed by atoms with Crippen LogP contribution in [0.15, 0.2) is 0 Å².